The number of pyridine rings is 2. The zero-order valence-corrected chi connectivity index (χ0v) is 15.5. The van der Waals surface area contributed by atoms with Crippen LogP contribution >= 0.6 is 23.2 Å². The molecule has 3 heterocycles. The first-order valence-corrected chi connectivity index (χ1v) is 8.66. The molecule has 3 rings (SSSR count). The third-order valence-electron chi connectivity index (χ3n) is 4.37. The summed E-state index contributed by atoms with van der Waals surface area (Å²) in [4.78, 5) is 21.5. The van der Waals surface area contributed by atoms with Crippen LogP contribution < -0.4 is 4.74 Å². The summed E-state index contributed by atoms with van der Waals surface area (Å²) in [6.07, 6.45) is -0.749. The summed E-state index contributed by atoms with van der Waals surface area (Å²) in [7, 11) is 0. The van der Waals surface area contributed by atoms with Gasteiger partial charge in [-0.3, -0.25) is 4.90 Å². The van der Waals surface area contributed by atoms with Crippen LogP contribution in [0.3, 0.4) is 0 Å². The van der Waals surface area contributed by atoms with Gasteiger partial charge in [0.15, 0.2) is 6.61 Å². The van der Waals surface area contributed by atoms with Gasteiger partial charge in [0, 0.05) is 30.5 Å². The molecule has 0 bridgehead atoms. The van der Waals surface area contributed by atoms with Crippen LogP contribution in [-0.2, 0) is 11.3 Å². The largest absolute Gasteiger partial charge is 0.467 e. The van der Waals surface area contributed by atoms with Crippen LogP contribution in [0.5, 0.6) is 5.88 Å². The average Bonchev–Trinajstić information content (AvgIpc) is 2.99. The third-order valence-corrected chi connectivity index (χ3v) is 4.96. The van der Waals surface area contributed by atoms with Crippen molar-refractivity contribution in [1.82, 2.24) is 14.9 Å². The van der Waals surface area contributed by atoms with Gasteiger partial charge in [-0.2, -0.15) is 13.2 Å². The molecule has 2 aromatic heterocycles. The fourth-order valence-electron chi connectivity index (χ4n) is 3.02. The van der Waals surface area contributed by atoms with E-state index in [0.717, 1.165) is 17.4 Å². The summed E-state index contributed by atoms with van der Waals surface area (Å²) >= 11 is 12.1. The van der Waals surface area contributed by atoms with E-state index < -0.39 is 18.8 Å². The molecule has 0 aromatic carbocycles. The van der Waals surface area contributed by atoms with E-state index in [2.05, 4.69) is 14.7 Å². The average molecular weight is 420 g/mol. The molecule has 0 saturated carbocycles. The zero-order valence-electron chi connectivity index (χ0n) is 14.0. The van der Waals surface area contributed by atoms with Crippen molar-refractivity contribution in [2.75, 3.05) is 6.61 Å². The van der Waals surface area contributed by atoms with Crippen molar-refractivity contribution in [2.24, 2.45) is 0 Å². The van der Waals surface area contributed by atoms with E-state index in [1.54, 1.807) is 6.07 Å². The molecule has 5 nitrogen and oxygen atoms in total. The van der Waals surface area contributed by atoms with Crippen LogP contribution in [-0.4, -0.2) is 33.9 Å². The first kappa shape index (κ1) is 19.9. The monoisotopic (exact) mass is 419 g/mol. The summed E-state index contributed by atoms with van der Waals surface area (Å²) in [5, 5.41) is 0.295. The van der Waals surface area contributed by atoms with Crippen molar-refractivity contribution >= 4 is 29.5 Å². The Morgan fingerprint density at radius 2 is 2.15 bits per heavy atom. The molecule has 0 amide bonds. The van der Waals surface area contributed by atoms with E-state index in [1.807, 2.05) is 11.8 Å². The maximum absolute atomic E-state index is 12.3. The topological polar surface area (TPSA) is 55.3 Å². The number of hydrogen-bond acceptors (Lipinski definition) is 5. The van der Waals surface area contributed by atoms with Crippen molar-refractivity contribution < 1.29 is 22.7 Å². The summed E-state index contributed by atoms with van der Waals surface area (Å²) < 4.78 is 41.4. The minimum absolute atomic E-state index is 0.0392. The molecule has 0 saturated heterocycles. The number of alkyl halides is 3. The Balaban J connectivity index is 1.82. The molecule has 144 valence electrons. The van der Waals surface area contributed by atoms with Crippen molar-refractivity contribution in [1.29, 1.82) is 0 Å². The fourth-order valence-corrected chi connectivity index (χ4v) is 3.47. The number of hydrogen-bond donors (Lipinski definition) is 0. The number of aromatic nitrogens is 2. The summed E-state index contributed by atoms with van der Waals surface area (Å²) in [5.74, 6) is -0.297. The Morgan fingerprint density at radius 1 is 1.41 bits per heavy atom. The van der Waals surface area contributed by atoms with Gasteiger partial charge in [0.2, 0.25) is 5.88 Å². The Bertz CT molecular complexity index is 864. The van der Waals surface area contributed by atoms with E-state index in [4.69, 9.17) is 23.2 Å². The normalized spacial score (nSPS) is 18.2. The van der Waals surface area contributed by atoms with E-state index in [9.17, 15) is 18.0 Å². The number of rotatable bonds is 5. The maximum atomic E-state index is 12.3. The fraction of sp³-hybridized carbons (Fsp3) is 0.353. The van der Waals surface area contributed by atoms with Gasteiger partial charge in [-0.1, -0.05) is 23.2 Å². The van der Waals surface area contributed by atoms with Gasteiger partial charge in [-0.05, 0) is 30.2 Å². The Morgan fingerprint density at radius 3 is 2.78 bits per heavy atom. The molecule has 2 unspecified atom stereocenters. The molecular weight excluding hydrogens is 406 g/mol. The van der Waals surface area contributed by atoms with Gasteiger partial charge < -0.3 is 9.53 Å². The van der Waals surface area contributed by atoms with Gasteiger partial charge >= 0.3 is 6.18 Å². The third kappa shape index (κ3) is 4.17. The van der Waals surface area contributed by atoms with Crippen LogP contribution in [0.25, 0.3) is 0 Å². The number of aldehydes is 1. The predicted molar refractivity (Wildman–Crippen MR) is 92.8 cm³/mol. The molecule has 1 aliphatic rings. The Kier molecular flexibility index (Phi) is 5.60. The molecule has 0 N–H and O–H groups in total. The van der Waals surface area contributed by atoms with E-state index >= 15 is 0 Å². The summed E-state index contributed by atoms with van der Waals surface area (Å²) in [5.41, 5.74) is 2.18. The van der Waals surface area contributed by atoms with E-state index in [1.165, 1.54) is 18.5 Å². The van der Waals surface area contributed by atoms with Crippen LogP contribution in [0.4, 0.5) is 13.2 Å². The lowest BCUT2D eigenvalue weighted by atomic mass is 10.1. The van der Waals surface area contributed by atoms with Gasteiger partial charge in [-0.25, -0.2) is 9.97 Å². The van der Waals surface area contributed by atoms with Crippen molar-refractivity contribution in [3.8, 4) is 5.88 Å². The van der Waals surface area contributed by atoms with Crippen LogP contribution in [0.1, 0.15) is 35.7 Å². The minimum atomic E-state index is -4.48. The van der Waals surface area contributed by atoms with E-state index in [-0.39, 0.29) is 16.9 Å². The summed E-state index contributed by atoms with van der Waals surface area (Å²) in [6.45, 7) is 0.762. The maximum Gasteiger partial charge on any atom is 0.422 e. The SMILES string of the molecule is CC(c1cnc(OCC(F)(F)F)c(Cl)c1)N1Cc2c(ccnc2Cl)C1C=O. The highest BCUT2D eigenvalue weighted by Crippen LogP contribution is 2.41. The van der Waals surface area contributed by atoms with E-state index in [0.29, 0.717) is 17.3 Å². The second-order valence-corrected chi connectivity index (χ2v) is 6.82. The predicted octanol–water partition coefficient (Wildman–Crippen LogP) is 4.54. The molecular formula is C17H14Cl2F3N3O2. The molecule has 0 radical (unpaired) electrons. The highest BCUT2D eigenvalue weighted by atomic mass is 35.5. The minimum Gasteiger partial charge on any atom is -0.467 e. The molecule has 0 spiro atoms. The molecule has 0 aliphatic carbocycles. The molecule has 27 heavy (non-hydrogen) atoms. The summed E-state index contributed by atoms with van der Waals surface area (Å²) in [6, 6.07) is 2.41. The standard InChI is InChI=1S/C17H14Cl2F3N3O2/c1-9(10-4-13(18)16(24-5-10)27-8-17(20,21)22)25-6-12-11(14(25)7-26)2-3-23-15(12)19/h2-5,7,9,14H,6,8H2,1H3. The number of nitrogens with zero attached hydrogens (tertiary/aromatic N) is 3. The number of carbonyl (C=O) groups is 1. The quantitative estimate of drug-likeness (QED) is 0.525. The second kappa shape index (κ2) is 7.61. The van der Waals surface area contributed by atoms with Crippen LogP contribution in [0, 0.1) is 0 Å². The molecule has 10 heteroatoms. The highest BCUT2D eigenvalue weighted by molar-refractivity contribution is 6.31. The Labute approximate surface area is 163 Å². The lowest BCUT2D eigenvalue weighted by Crippen LogP contribution is -2.26. The number of carbonyl (C=O) groups excluding carboxylic acids is 1. The first-order valence-electron chi connectivity index (χ1n) is 7.90. The highest BCUT2D eigenvalue weighted by Gasteiger charge is 2.35. The molecule has 2 atom stereocenters. The molecule has 0 fully saturated rings. The lowest BCUT2D eigenvalue weighted by molar-refractivity contribution is -0.154. The van der Waals surface area contributed by atoms with Crippen LogP contribution in [0.15, 0.2) is 24.5 Å². The Hall–Kier alpha value is -1.90. The first-order chi connectivity index (χ1) is 12.7. The molecule has 1 aliphatic heterocycles. The number of halogens is 5. The van der Waals surface area contributed by atoms with Crippen molar-refractivity contribution in [3.63, 3.8) is 0 Å². The second-order valence-electron chi connectivity index (χ2n) is 6.06. The number of ether oxygens (including phenoxy) is 1. The van der Waals surface area contributed by atoms with Crippen molar-refractivity contribution in [2.45, 2.75) is 31.7 Å². The van der Waals surface area contributed by atoms with Crippen molar-refractivity contribution in [3.05, 3.63) is 51.4 Å². The van der Waals surface area contributed by atoms with Crippen LogP contribution in [0.2, 0.25) is 10.2 Å². The molecule has 2 aromatic rings. The van der Waals surface area contributed by atoms with Gasteiger partial charge in [-0.15, -0.1) is 0 Å². The number of fused-ring (bicyclic) bond motifs is 1. The smallest absolute Gasteiger partial charge is 0.422 e. The lowest BCUT2D eigenvalue weighted by Gasteiger charge is -2.28. The zero-order chi connectivity index (χ0) is 19.8. The van der Waals surface area contributed by atoms with Gasteiger partial charge in [0.25, 0.3) is 0 Å². The van der Waals surface area contributed by atoms with Gasteiger partial charge in [0.1, 0.15) is 16.5 Å². The van der Waals surface area contributed by atoms with Gasteiger partial charge in [0.05, 0.1) is 6.04 Å².